The molecule has 0 atom stereocenters. The van der Waals surface area contributed by atoms with Crippen molar-refractivity contribution in [1.29, 1.82) is 0 Å². The molecular formula is C7H12O8P2. The molecule has 0 aliphatic rings. The van der Waals surface area contributed by atoms with Gasteiger partial charge in [-0.2, -0.15) is 0 Å². The molecule has 0 aromatic heterocycles. The number of rotatable bonds is 2. The first-order valence-corrected chi connectivity index (χ1v) is 7.17. The first-order valence-electron chi connectivity index (χ1n) is 4.08. The van der Waals surface area contributed by atoms with Gasteiger partial charge in [-0.3, -0.25) is 9.79 Å². The van der Waals surface area contributed by atoms with Gasteiger partial charge < -0.3 is 19.2 Å². The lowest BCUT2D eigenvalue weighted by Crippen LogP contribution is -1.91. The number of phosphoric ester groups is 1. The van der Waals surface area contributed by atoms with Crippen LogP contribution in [0.4, 0.5) is 0 Å². The van der Waals surface area contributed by atoms with Crippen LogP contribution in [0.25, 0.3) is 0 Å². The Hall–Kier alpha value is -0.720. The van der Waals surface area contributed by atoms with Gasteiger partial charge in [0.2, 0.25) is 0 Å². The third kappa shape index (κ3) is 11.5. The minimum atomic E-state index is -4.64. The minimum Gasteiger partial charge on any atom is -0.404 e. The molecule has 98 valence electrons. The Morgan fingerprint density at radius 1 is 1.00 bits per heavy atom. The van der Waals surface area contributed by atoms with Crippen molar-refractivity contribution in [2.45, 2.75) is 6.92 Å². The normalized spacial score (nSPS) is 11.4. The van der Waals surface area contributed by atoms with E-state index in [9.17, 15) is 4.57 Å². The second-order valence-electron chi connectivity index (χ2n) is 2.86. The monoisotopic (exact) mass is 286 g/mol. The van der Waals surface area contributed by atoms with Crippen LogP contribution in [-0.4, -0.2) is 24.5 Å². The highest BCUT2D eigenvalue weighted by molar-refractivity contribution is 7.46. The third-order valence-electron chi connectivity index (χ3n) is 1.31. The Morgan fingerprint density at radius 2 is 1.41 bits per heavy atom. The summed E-state index contributed by atoms with van der Waals surface area (Å²) in [5.74, 6) is 0.214. The Bertz CT molecular complexity index is 439. The fraction of sp³-hybridized carbons (Fsp3) is 0.143. The average molecular weight is 286 g/mol. The maximum Gasteiger partial charge on any atom is 0.524 e. The zero-order chi connectivity index (χ0) is 13.7. The van der Waals surface area contributed by atoms with Crippen molar-refractivity contribution in [2.75, 3.05) is 0 Å². The van der Waals surface area contributed by atoms with Crippen molar-refractivity contribution in [2.24, 2.45) is 0 Å². The van der Waals surface area contributed by atoms with Crippen LogP contribution in [0, 0.1) is 6.92 Å². The molecule has 0 amide bonds. The van der Waals surface area contributed by atoms with Gasteiger partial charge >= 0.3 is 15.6 Å². The van der Waals surface area contributed by atoms with Gasteiger partial charge in [0, 0.05) is 0 Å². The molecule has 0 fully saturated rings. The molecule has 0 heterocycles. The predicted molar refractivity (Wildman–Crippen MR) is 58.1 cm³/mol. The van der Waals surface area contributed by atoms with Crippen molar-refractivity contribution in [3.63, 3.8) is 0 Å². The van der Waals surface area contributed by atoms with E-state index in [0.29, 0.717) is 5.56 Å². The van der Waals surface area contributed by atoms with Crippen LogP contribution in [0.5, 0.6) is 5.75 Å². The molecule has 0 aliphatic heterocycles. The van der Waals surface area contributed by atoms with Crippen LogP contribution in [0.15, 0.2) is 24.3 Å². The molecule has 1 rings (SSSR count). The lowest BCUT2D eigenvalue weighted by Gasteiger charge is -2.08. The molecular weight excluding hydrogens is 274 g/mol. The Kier molecular flexibility index (Phi) is 6.01. The van der Waals surface area contributed by atoms with Gasteiger partial charge in [-0.1, -0.05) is 18.2 Å². The third-order valence-corrected chi connectivity index (χ3v) is 1.75. The molecule has 1 aromatic carbocycles. The fourth-order valence-corrected chi connectivity index (χ4v) is 1.25. The maximum atomic E-state index is 10.4. The quantitative estimate of drug-likeness (QED) is 0.495. The van der Waals surface area contributed by atoms with Crippen molar-refractivity contribution in [3.05, 3.63) is 29.8 Å². The lowest BCUT2D eigenvalue weighted by atomic mass is 10.2. The van der Waals surface area contributed by atoms with E-state index in [1.54, 1.807) is 25.1 Å². The average Bonchev–Trinajstić information content (AvgIpc) is 2.03. The van der Waals surface area contributed by atoms with Crippen LogP contribution < -0.4 is 4.52 Å². The highest BCUT2D eigenvalue weighted by Crippen LogP contribution is 2.38. The molecule has 0 bridgehead atoms. The maximum absolute atomic E-state index is 10.4. The van der Waals surface area contributed by atoms with Crippen LogP contribution in [-0.2, 0) is 9.13 Å². The molecule has 0 radical (unpaired) electrons. The standard InChI is InChI=1S/C7H9O4P.H3O4P/c1-6-4-2-3-5-7(6)11-12(8,9)10;1-5(2,3)4/h2-5H,1H3,(H2,8,9,10);(H3,1,2,3,4). The molecule has 5 N–H and O–H groups in total. The summed E-state index contributed by atoms with van der Waals surface area (Å²) in [6, 6.07) is 6.64. The highest BCUT2D eigenvalue weighted by atomic mass is 31.2. The van der Waals surface area contributed by atoms with Gasteiger partial charge in [0.05, 0.1) is 0 Å². The number of phosphoric acid groups is 2. The van der Waals surface area contributed by atoms with Gasteiger partial charge in [0.15, 0.2) is 0 Å². The van der Waals surface area contributed by atoms with E-state index >= 15 is 0 Å². The summed E-state index contributed by atoms with van der Waals surface area (Å²) in [4.78, 5) is 38.5. The number of para-hydroxylation sites is 1. The topological polar surface area (TPSA) is 145 Å². The molecule has 8 nitrogen and oxygen atoms in total. The van der Waals surface area contributed by atoms with Crippen LogP contribution in [0.2, 0.25) is 0 Å². The Morgan fingerprint density at radius 3 is 1.76 bits per heavy atom. The molecule has 0 saturated heterocycles. The summed E-state index contributed by atoms with van der Waals surface area (Å²) in [5, 5.41) is 0. The smallest absolute Gasteiger partial charge is 0.404 e. The Labute approximate surface area is 97.0 Å². The number of hydrogen-bond donors (Lipinski definition) is 5. The van der Waals surface area contributed by atoms with E-state index in [4.69, 9.17) is 29.0 Å². The van der Waals surface area contributed by atoms with Gasteiger partial charge in [-0.15, -0.1) is 0 Å². The number of aryl methyl sites for hydroxylation is 1. The summed E-state index contributed by atoms with van der Waals surface area (Å²) in [7, 11) is -9.05. The zero-order valence-corrected chi connectivity index (χ0v) is 10.5. The van der Waals surface area contributed by atoms with Crippen molar-refractivity contribution in [3.8, 4) is 5.75 Å². The van der Waals surface area contributed by atoms with Gasteiger partial charge in [0.1, 0.15) is 5.75 Å². The largest absolute Gasteiger partial charge is 0.524 e. The number of hydrogen-bond acceptors (Lipinski definition) is 3. The molecule has 0 unspecified atom stereocenters. The molecule has 17 heavy (non-hydrogen) atoms. The minimum absolute atomic E-state index is 0.214. The van der Waals surface area contributed by atoms with Crippen molar-refractivity contribution >= 4 is 15.6 Å². The lowest BCUT2D eigenvalue weighted by molar-refractivity contribution is 0.274. The second kappa shape index (κ2) is 6.28. The first-order chi connectivity index (χ1) is 7.49. The van der Waals surface area contributed by atoms with E-state index in [1.807, 2.05) is 0 Å². The summed E-state index contributed by atoms with van der Waals surface area (Å²) in [5.41, 5.74) is 0.695. The van der Waals surface area contributed by atoms with E-state index in [0.717, 1.165) is 0 Å². The molecule has 10 heteroatoms. The molecule has 1 aromatic rings. The van der Waals surface area contributed by atoms with Crippen LogP contribution in [0.3, 0.4) is 0 Å². The van der Waals surface area contributed by atoms with E-state index in [2.05, 4.69) is 4.52 Å². The Balaban J connectivity index is 0.000000437. The SMILES string of the molecule is Cc1ccccc1OP(=O)(O)O.O=P(O)(O)O. The van der Waals surface area contributed by atoms with Gasteiger partial charge in [-0.05, 0) is 18.6 Å². The highest BCUT2D eigenvalue weighted by Gasteiger charge is 2.16. The molecule has 0 spiro atoms. The summed E-state index contributed by atoms with van der Waals surface area (Å²) in [6.07, 6.45) is 0. The van der Waals surface area contributed by atoms with Crippen molar-refractivity contribution < 1.29 is 38.1 Å². The molecule has 0 saturated carbocycles. The van der Waals surface area contributed by atoms with E-state index < -0.39 is 15.6 Å². The first kappa shape index (κ1) is 16.3. The molecule has 0 aliphatic carbocycles. The van der Waals surface area contributed by atoms with Crippen LogP contribution >= 0.6 is 15.6 Å². The van der Waals surface area contributed by atoms with Crippen molar-refractivity contribution in [1.82, 2.24) is 0 Å². The number of benzene rings is 1. The fourth-order valence-electron chi connectivity index (χ4n) is 0.787. The predicted octanol–water partition coefficient (Wildman–Crippen LogP) is 0.538. The summed E-state index contributed by atoms with van der Waals surface area (Å²) in [6.45, 7) is 1.71. The summed E-state index contributed by atoms with van der Waals surface area (Å²) < 4.78 is 23.7. The van der Waals surface area contributed by atoms with E-state index in [-0.39, 0.29) is 5.75 Å². The van der Waals surface area contributed by atoms with E-state index in [1.165, 1.54) is 6.07 Å². The van der Waals surface area contributed by atoms with Gasteiger partial charge in [-0.25, -0.2) is 9.13 Å². The summed E-state index contributed by atoms with van der Waals surface area (Å²) >= 11 is 0. The van der Waals surface area contributed by atoms with Gasteiger partial charge in [0.25, 0.3) is 0 Å². The zero-order valence-electron chi connectivity index (χ0n) is 8.66. The van der Waals surface area contributed by atoms with Crippen LogP contribution in [0.1, 0.15) is 5.56 Å². The second-order valence-corrected chi connectivity index (χ2v) is 5.05.